The van der Waals surface area contributed by atoms with E-state index < -0.39 is 0 Å². The zero-order valence-electron chi connectivity index (χ0n) is 9.15. The average molecular weight is 190 g/mol. The zero-order valence-corrected chi connectivity index (χ0v) is 9.15. The molecule has 0 aliphatic carbocycles. The number of rotatable bonds is 2. The van der Waals surface area contributed by atoms with Gasteiger partial charge in [-0.15, -0.1) is 0 Å². The van der Waals surface area contributed by atoms with Crippen molar-refractivity contribution in [3.63, 3.8) is 0 Å². The SMILES string of the molecule is CNCC1Cc2cc(C)cc(C)c2N1. The molecule has 0 bridgehead atoms. The van der Waals surface area contributed by atoms with Crippen molar-refractivity contribution in [3.05, 3.63) is 28.8 Å². The van der Waals surface area contributed by atoms with Gasteiger partial charge < -0.3 is 10.6 Å². The minimum absolute atomic E-state index is 0.565. The van der Waals surface area contributed by atoms with Crippen LogP contribution in [0.4, 0.5) is 5.69 Å². The molecule has 14 heavy (non-hydrogen) atoms. The molecular weight excluding hydrogens is 172 g/mol. The van der Waals surface area contributed by atoms with Crippen molar-refractivity contribution in [2.24, 2.45) is 0 Å². The fourth-order valence-corrected chi connectivity index (χ4v) is 2.31. The van der Waals surface area contributed by atoms with Gasteiger partial charge >= 0.3 is 0 Å². The van der Waals surface area contributed by atoms with Gasteiger partial charge in [0.2, 0.25) is 0 Å². The van der Waals surface area contributed by atoms with E-state index in [1.807, 2.05) is 7.05 Å². The van der Waals surface area contributed by atoms with Gasteiger partial charge in [-0.2, -0.15) is 0 Å². The third kappa shape index (κ3) is 1.62. The second kappa shape index (κ2) is 3.62. The lowest BCUT2D eigenvalue weighted by atomic mass is 10.0. The monoisotopic (exact) mass is 190 g/mol. The van der Waals surface area contributed by atoms with Crippen LogP contribution in [0.1, 0.15) is 16.7 Å². The van der Waals surface area contributed by atoms with E-state index in [1.165, 1.54) is 22.4 Å². The fourth-order valence-electron chi connectivity index (χ4n) is 2.31. The number of hydrogen-bond acceptors (Lipinski definition) is 2. The summed E-state index contributed by atoms with van der Waals surface area (Å²) in [6.45, 7) is 5.38. The van der Waals surface area contributed by atoms with Crippen LogP contribution in [-0.4, -0.2) is 19.6 Å². The van der Waals surface area contributed by atoms with Crippen LogP contribution in [-0.2, 0) is 6.42 Å². The highest BCUT2D eigenvalue weighted by atomic mass is 15.0. The third-order valence-electron chi connectivity index (χ3n) is 2.83. The van der Waals surface area contributed by atoms with Gasteiger partial charge in [-0.25, -0.2) is 0 Å². The lowest BCUT2D eigenvalue weighted by Gasteiger charge is -2.10. The molecule has 2 nitrogen and oxygen atoms in total. The predicted molar refractivity (Wildman–Crippen MR) is 61.0 cm³/mol. The Morgan fingerprint density at radius 1 is 1.43 bits per heavy atom. The molecule has 1 unspecified atom stereocenters. The quantitative estimate of drug-likeness (QED) is 0.744. The van der Waals surface area contributed by atoms with Crippen molar-refractivity contribution in [3.8, 4) is 0 Å². The molecule has 1 aliphatic heterocycles. The Hall–Kier alpha value is -1.02. The number of likely N-dealkylation sites (N-methyl/N-ethyl adjacent to an activating group) is 1. The maximum Gasteiger partial charge on any atom is 0.0427 e. The van der Waals surface area contributed by atoms with Gasteiger partial charge in [0.25, 0.3) is 0 Å². The van der Waals surface area contributed by atoms with E-state index in [0.29, 0.717) is 6.04 Å². The summed E-state index contributed by atoms with van der Waals surface area (Å²) in [7, 11) is 2.00. The van der Waals surface area contributed by atoms with Gasteiger partial charge in [0, 0.05) is 18.3 Å². The first-order chi connectivity index (χ1) is 6.70. The van der Waals surface area contributed by atoms with Crippen LogP contribution in [0, 0.1) is 13.8 Å². The van der Waals surface area contributed by atoms with Gasteiger partial charge in [0.05, 0.1) is 0 Å². The highest BCUT2D eigenvalue weighted by Crippen LogP contribution is 2.30. The number of nitrogens with one attached hydrogen (secondary N) is 2. The molecule has 2 rings (SSSR count). The number of hydrogen-bond donors (Lipinski definition) is 2. The Morgan fingerprint density at radius 2 is 2.21 bits per heavy atom. The van der Waals surface area contributed by atoms with E-state index in [-0.39, 0.29) is 0 Å². The summed E-state index contributed by atoms with van der Waals surface area (Å²) < 4.78 is 0. The van der Waals surface area contributed by atoms with Crippen molar-refractivity contribution >= 4 is 5.69 Å². The van der Waals surface area contributed by atoms with Gasteiger partial charge in [0.15, 0.2) is 0 Å². The van der Waals surface area contributed by atoms with Crippen molar-refractivity contribution in [2.45, 2.75) is 26.3 Å². The van der Waals surface area contributed by atoms with Crippen LogP contribution in [0.3, 0.4) is 0 Å². The molecule has 0 saturated carbocycles. The molecule has 0 aromatic heterocycles. The summed E-state index contributed by atoms with van der Waals surface area (Å²) in [5, 5.41) is 6.78. The molecule has 0 amide bonds. The maximum absolute atomic E-state index is 3.57. The van der Waals surface area contributed by atoms with Crippen LogP contribution in [0.15, 0.2) is 12.1 Å². The van der Waals surface area contributed by atoms with Crippen LogP contribution in [0.5, 0.6) is 0 Å². The summed E-state index contributed by atoms with van der Waals surface area (Å²) in [6, 6.07) is 5.11. The van der Waals surface area contributed by atoms with E-state index in [1.54, 1.807) is 0 Å². The molecule has 2 N–H and O–H groups in total. The van der Waals surface area contributed by atoms with Crippen molar-refractivity contribution in [2.75, 3.05) is 18.9 Å². The molecule has 1 atom stereocenters. The smallest absolute Gasteiger partial charge is 0.0427 e. The molecule has 2 heteroatoms. The zero-order chi connectivity index (χ0) is 10.1. The minimum Gasteiger partial charge on any atom is -0.380 e. The lowest BCUT2D eigenvalue weighted by Crippen LogP contribution is -2.28. The Bertz CT molecular complexity index is 344. The molecule has 76 valence electrons. The van der Waals surface area contributed by atoms with Crippen LogP contribution >= 0.6 is 0 Å². The van der Waals surface area contributed by atoms with E-state index >= 15 is 0 Å². The normalized spacial score (nSPS) is 19.2. The molecule has 1 heterocycles. The van der Waals surface area contributed by atoms with E-state index in [2.05, 4.69) is 36.6 Å². The Balaban J connectivity index is 2.26. The highest BCUT2D eigenvalue weighted by Gasteiger charge is 2.21. The molecule has 0 fully saturated rings. The molecular formula is C12H18N2. The van der Waals surface area contributed by atoms with Crippen molar-refractivity contribution in [1.82, 2.24) is 5.32 Å². The topological polar surface area (TPSA) is 24.1 Å². The van der Waals surface area contributed by atoms with Gasteiger partial charge in [-0.05, 0) is 38.4 Å². The maximum atomic E-state index is 3.57. The molecule has 1 aromatic carbocycles. The van der Waals surface area contributed by atoms with Crippen LogP contribution < -0.4 is 10.6 Å². The summed E-state index contributed by atoms with van der Waals surface area (Å²) >= 11 is 0. The Kier molecular flexibility index (Phi) is 2.46. The first-order valence-electron chi connectivity index (χ1n) is 5.22. The highest BCUT2D eigenvalue weighted by molar-refractivity contribution is 5.63. The van der Waals surface area contributed by atoms with Crippen molar-refractivity contribution < 1.29 is 0 Å². The molecule has 0 spiro atoms. The van der Waals surface area contributed by atoms with Gasteiger partial charge in [0.1, 0.15) is 0 Å². The number of benzene rings is 1. The summed E-state index contributed by atoms with van der Waals surface area (Å²) in [5.41, 5.74) is 5.57. The Labute approximate surface area is 85.7 Å². The third-order valence-corrected chi connectivity index (χ3v) is 2.83. The van der Waals surface area contributed by atoms with Crippen LogP contribution in [0.25, 0.3) is 0 Å². The molecule has 0 radical (unpaired) electrons. The van der Waals surface area contributed by atoms with E-state index in [9.17, 15) is 0 Å². The summed E-state index contributed by atoms with van der Waals surface area (Å²) in [5.74, 6) is 0. The van der Waals surface area contributed by atoms with Crippen LogP contribution in [0.2, 0.25) is 0 Å². The van der Waals surface area contributed by atoms with E-state index in [4.69, 9.17) is 0 Å². The number of aryl methyl sites for hydroxylation is 2. The summed E-state index contributed by atoms with van der Waals surface area (Å²) in [4.78, 5) is 0. The number of anilines is 1. The minimum atomic E-state index is 0.565. The molecule has 1 aromatic rings. The standard InChI is InChI=1S/C12H18N2/c1-8-4-9(2)12-10(5-8)6-11(14-12)7-13-3/h4-5,11,13-14H,6-7H2,1-3H3. The average Bonchev–Trinajstić information content (AvgIpc) is 2.48. The summed E-state index contributed by atoms with van der Waals surface area (Å²) in [6.07, 6.45) is 1.15. The van der Waals surface area contributed by atoms with E-state index in [0.717, 1.165) is 13.0 Å². The fraction of sp³-hybridized carbons (Fsp3) is 0.500. The Morgan fingerprint density at radius 3 is 2.93 bits per heavy atom. The molecule has 1 aliphatic rings. The van der Waals surface area contributed by atoms with Gasteiger partial charge in [-0.3, -0.25) is 0 Å². The largest absolute Gasteiger partial charge is 0.380 e. The first kappa shape index (κ1) is 9.53. The van der Waals surface area contributed by atoms with Gasteiger partial charge in [-0.1, -0.05) is 17.7 Å². The second-order valence-electron chi connectivity index (χ2n) is 4.22. The lowest BCUT2D eigenvalue weighted by molar-refractivity contribution is 0.673. The second-order valence-corrected chi connectivity index (χ2v) is 4.22. The predicted octanol–water partition coefficient (Wildman–Crippen LogP) is 1.86. The van der Waals surface area contributed by atoms with Crippen molar-refractivity contribution in [1.29, 1.82) is 0 Å². The molecule has 0 saturated heterocycles. The first-order valence-corrected chi connectivity index (χ1v) is 5.22. The number of fused-ring (bicyclic) bond motifs is 1.